The lowest BCUT2D eigenvalue weighted by Crippen LogP contribution is -2.52. The molecule has 0 unspecified atom stereocenters. The van der Waals surface area contributed by atoms with E-state index < -0.39 is 12.1 Å². The van der Waals surface area contributed by atoms with E-state index in [1.54, 1.807) is 0 Å². The number of carbonyl (C=O) groups is 2. The predicted octanol–water partition coefficient (Wildman–Crippen LogP) is 4.22. The largest absolute Gasteiger partial charge is 0.445 e. The van der Waals surface area contributed by atoms with E-state index in [1.165, 1.54) is 6.42 Å². The van der Waals surface area contributed by atoms with Crippen LogP contribution < -0.4 is 10.6 Å². The Bertz CT molecular complexity index is 779. The van der Waals surface area contributed by atoms with Gasteiger partial charge in [0.15, 0.2) is 0 Å². The number of alkyl carbamates (subject to hydrolysis) is 1. The van der Waals surface area contributed by atoms with Gasteiger partial charge < -0.3 is 15.4 Å². The second kappa shape index (κ2) is 10.6. The maximum atomic E-state index is 13.0. The maximum absolute atomic E-state index is 13.0. The van der Waals surface area contributed by atoms with Gasteiger partial charge in [-0.25, -0.2) is 4.79 Å². The van der Waals surface area contributed by atoms with Crippen molar-refractivity contribution in [1.82, 2.24) is 10.6 Å². The van der Waals surface area contributed by atoms with E-state index in [-0.39, 0.29) is 18.6 Å². The summed E-state index contributed by atoms with van der Waals surface area (Å²) in [6.45, 7) is 2.35. The monoisotopic (exact) mass is 394 g/mol. The first-order valence-corrected chi connectivity index (χ1v) is 10.4. The van der Waals surface area contributed by atoms with Crippen LogP contribution in [0.15, 0.2) is 60.7 Å². The fourth-order valence-electron chi connectivity index (χ4n) is 3.78. The van der Waals surface area contributed by atoms with E-state index in [9.17, 15) is 9.59 Å². The van der Waals surface area contributed by atoms with Gasteiger partial charge in [0.2, 0.25) is 5.91 Å². The first-order valence-electron chi connectivity index (χ1n) is 10.4. The fourth-order valence-corrected chi connectivity index (χ4v) is 3.78. The third kappa shape index (κ3) is 6.63. The van der Waals surface area contributed by atoms with Crippen molar-refractivity contribution in [2.45, 2.75) is 57.7 Å². The molecule has 2 aromatic carbocycles. The summed E-state index contributed by atoms with van der Waals surface area (Å²) in [7, 11) is 0. The Morgan fingerprint density at radius 2 is 1.59 bits per heavy atom. The second-order valence-corrected chi connectivity index (χ2v) is 7.83. The zero-order chi connectivity index (χ0) is 20.5. The minimum absolute atomic E-state index is 0.149. The molecule has 5 heteroatoms. The van der Waals surface area contributed by atoms with Gasteiger partial charge in [0.25, 0.3) is 0 Å². The van der Waals surface area contributed by atoms with Crippen LogP contribution >= 0.6 is 0 Å². The molecule has 3 atom stereocenters. The summed E-state index contributed by atoms with van der Waals surface area (Å²) in [6.07, 6.45) is 4.30. The molecule has 29 heavy (non-hydrogen) atoms. The lowest BCUT2D eigenvalue weighted by atomic mass is 9.85. The molecular formula is C24H30N2O3. The number of rotatable bonds is 7. The summed E-state index contributed by atoms with van der Waals surface area (Å²) < 4.78 is 5.33. The van der Waals surface area contributed by atoms with Crippen molar-refractivity contribution < 1.29 is 14.3 Å². The highest BCUT2D eigenvalue weighted by Gasteiger charge is 2.28. The van der Waals surface area contributed by atoms with E-state index in [4.69, 9.17) is 4.74 Å². The number of hydrogen-bond donors (Lipinski definition) is 2. The van der Waals surface area contributed by atoms with Crippen molar-refractivity contribution in [3.63, 3.8) is 0 Å². The molecule has 1 aliphatic rings. The highest BCUT2D eigenvalue weighted by atomic mass is 16.5. The quantitative estimate of drug-likeness (QED) is 0.739. The molecule has 0 radical (unpaired) electrons. The Hall–Kier alpha value is -2.82. The van der Waals surface area contributed by atoms with Gasteiger partial charge in [-0.3, -0.25) is 4.79 Å². The van der Waals surface area contributed by atoms with Gasteiger partial charge in [0.05, 0.1) is 0 Å². The lowest BCUT2D eigenvalue weighted by molar-refractivity contribution is -0.124. The van der Waals surface area contributed by atoms with E-state index in [1.807, 2.05) is 60.7 Å². The van der Waals surface area contributed by atoms with Crippen LogP contribution in [-0.4, -0.2) is 24.1 Å². The van der Waals surface area contributed by atoms with Gasteiger partial charge in [-0.15, -0.1) is 0 Å². The standard InChI is InChI=1S/C24H30N2O3/c1-18-10-8-9-15-21(18)25-23(27)22(16-19-11-4-2-5-12-19)26-24(28)29-17-20-13-6-3-7-14-20/h2-7,11-14,18,21-22H,8-10,15-17H2,1H3,(H,25,27)(H,26,28)/t18-,21+,22+/m1/s1. The SMILES string of the molecule is C[C@@H]1CCCC[C@@H]1NC(=O)[C@H](Cc1ccccc1)NC(=O)OCc1ccccc1. The van der Waals surface area contributed by atoms with Gasteiger partial charge in [0.1, 0.15) is 12.6 Å². The first kappa shape index (κ1) is 20.9. The Morgan fingerprint density at radius 1 is 0.966 bits per heavy atom. The van der Waals surface area contributed by atoms with Crippen LogP contribution in [0.2, 0.25) is 0 Å². The Labute approximate surface area is 172 Å². The summed E-state index contributed by atoms with van der Waals surface area (Å²) in [5.74, 6) is 0.305. The molecule has 2 aromatic rings. The lowest BCUT2D eigenvalue weighted by Gasteiger charge is -2.31. The molecule has 1 aliphatic carbocycles. The summed E-state index contributed by atoms with van der Waals surface area (Å²) in [5, 5.41) is 5.93. The van der Waals surface area contributed by atoms with Crippen LogP contribution in [-0.2, 0) is 22.6 Å². The summed E-state index contributed by atoms with van der Waals surface area (Å²) >= 11 is 0. The maximum Gasteiger partial charge on any atom is 0.408 e. The molecular weight excluding hydrogens is 364 g/mol. The minimum atomic E-state index is -0.671. The van der Waals surface area contributed by atoms with Crippen molar-refractivity contribution >= 4 is 12.0 Å². The minimum Gasteiger partial charge on any atom is -0.445 e. The van der Waals surface area contributed by atoms with E-state index >= 15 is 0 Å². The molecule has 5 nitrogen and oxygen atoms in total. The van der Waals surface area contributed by atoms with Crippen LogP contribution in [0, 0.1) is 5.92 Å². The van der Waals surface area contributed by atoms with E-state index in [0.29, 0.717) is 12.3 Å². The zero-order valence-electron chi connectivity index (χ0n) is 17.0. The van der Waals surface area contributed by atoms with Gasteiger partial charge >= 0.3 is 6.09 Å². The van der Waals surface area contributed by atoms with Crippen molar-refractivity contribution in [2.75, 3.05) is 0 Å². The van der Waals surface area contributed by atoms with Crippen molar-refractivity contribution in [3.8, 4) is 0 Å². The number of nitrogens with one attached hydrogen (secondary N) is 2. The van der Waals surface area contributed by atoms with E-state index in [0.717, 1.165) is 30.4 Å². The molecule has 1 saturated carbocycles. The van der Waals surface area contributed by atoms with Gasteiger partial charge in [-0.1, -0.05) is 80.4 Å². The molecule has 0 bridgehead atoms. The molecule has 2 amide bonds. The van der Waals surface area contributed by atoms with Crippen molar-refractivity contribution in [2.24, 2.45) is 5.92 Å². The zero-order valence-corrected chi connectivity index (χ0v) is 17.0. The molecule has 154 valence electrons. The molecule has 0 aromatic heterocycles. The molecule has 3 rings (SSSR count). The van der Waals surface area contributed by atoms with Crippen LogP contribution in [0.25, 0.3) is 0 Å². The average Bonchev–Trinajstić information content (AvgIpc) is 2.75. The molecule has 2 N–H and O–H groups in total. The molecule has 0 heterocycles. The van der Waals surface area contributed by atoms with Crippen LogP contribution in [0.1, 0.15) is 43.7 Å². The summed E-state index contributed by atoms with van der Waals surface area (Å²) in [6, 6.07) is 18.7. The Balaban J connectivity index is 1.61. The number of amides is 2. The van der Waals surface area contributed by atoms with E-state index in [2.05, 4.69) is 17.6 Å². The van der Waals surface area contributed by atoms with Crippen LogP contribution in [0.5, 0.6) is 0 Å². The van der Waals surface area contributed by atoms with Gasteiger partial charge in [0, 0.05) is 12.5 Å². The number of ether oxygens (including phenoxy) is 1. The third-order valence-electron chi connectivity index (χ3n) is 5.54. The number of carbonyl (C=O) groups excluding carboxylic acids is 2. The average molecular weight is 395 g/mol. The molecule has 1 fully saturated rings. The second-order valence-electron chi connectivity index (χ2n) is 7.83. The fraction of sp³-hybridized carbons (Fsp3) is 0.417. The van der Waals surface area contributed by atoms with Crippen LogP contribution in [0.4, 0.5) is 4.79 Å². The predicted molar refractivity (Wildman–Crippen MR) is 113 cm³/mol. The normalized spacial score (nSPS) is 19.8. The molecule has 0 spiro atoms. The summed E-state index contributed by atoms with van der Waals surface area (Å²) in [5.41, 5.74) is 1.90. The summed E-state index contributed by atoms with van der Waals surface area (Å²) in [4.78, 5) is 25.4. The van der Waals surface area contributed by atoms with Crippen molar-refractivity contribution in [3.05, 3.63) is 71.8 Å². The topological polar surface area (TPSA) is 67.4 Å². The molecule has 0 aliphatic heterocycles. The molecule has 0 saturated heterocycles. The highest BCUT2D eigenvalue weighted by Crippen LogP contribution is 2.23. The third-order valence-corrected chi connectivity index (χ3v) is 5.54. The van der Waals surface area contributed by atoms with Gasteiger partial charge in [-0.2, -0.15) is 0 Å². The number of hydrogen-bond acceptors (Lipinski definition) is 3. The number of benzene rings is 2. The Morgan fingerprint density at radius 3 is 2.24 bits per heavy atom. The van der Waals surface area contributed by atoms with Crippen LogP contribution in [0.3, 0.4) is 0 Å². The Kier molecular flexibility index (Phi) is 7.68. The van der Waals surface area contributed by atoms with Gasteiger partial charge in [-0.05, 0) is 29.9 Å². The first-order chi connectivity index (χ1) is 14.1. The van der Waals surface area contributed by atoms with Crippen molar-refractivity contribution in [1.29, 1.82) is 0 Å². The highest BCUT2D eigenvalue weighted by molar-refractivity contribution is 5.86. The smallest absolute Gasteiger partial charge is 0.408 e.